The molecule has 0 radical (unpaired) electrons. The summed E-state index contributed by atoms with van der Waals surface area (Å²) >= 11 is 0. The molecule has 4 rings (SSSR count). The first kappa shape index (κ1) is 21.9. The fraction of sp³-hybridized carbons (Fsp3) is 0.391. The van der Waals surface area contributed by atoms with Gasteiger partial charge in [0.2, 0.25) is 0 Å². The second-order valence-electron chi connectivity index (χ2n) is 7.80. The largest absolute Gasteiger partial charge is 0.482 e. The number of hydrogen-bond acceptors (Lipinski definition) is 4. The predicted molar refractivity (Wildman–Crippen MR) is 120 cm³/mol. The lowest BCUT2D eigenvalue weighted by Crippen LogP contribution is -2.46. The Bertz CT molecular complexity index is 980. The maximum Gasteiger partial charge on any atom is 0.265 e. The molecule has 0 aliphatic carbocycles. The van der Waals surface area contributed by atoms with E-state index in [0.717, 1.165) is 24.3 Å². The van der Waals surface area contributed by atoms with Gasteiger partial charge in [0.1, 0.15) is 23.1 Å². The van der Waals surface area contributed by atoms with E-state index in [4.69, 9.17) is 4.74 Å². The van der Waals surface area contributed by atoms with Crippen molar-refractivity contribution < 1.29 is 18.3 Å². The first-order valence-electron chi connectivity index (χ1n) is 10.7. The maximum atomic E-state index is 14.1. The molecule has 1 unspecified atom stereocenters. The van der Waals surface area contributed by atoms with Crippen LogP contribution in [0.25, 0.3) is 0 Å². The Morgan fingerprint density at radius 2 is 1.97 bits per heavy atom. The van der Waals surface area contributed by atoms with Gasteiger partial charge in [0.05, 0.1) is 5.69 Å². The number of amides is 1. The van der Waals surface area contributed by atoms with Crippen LogP contribution in [0.4, 0.5) is 20.2 Å². The number of guanidine groups is 1. The molecule has 1 amide bonds. The molecule has 0 aromatic heterocycles. The molecule has 1 fully saturated rings. The van der Waals surface area contributed by atoms with Crippen LogP contribution in [0, 0.1) is 11.6 Å². The van der Waals surface area contributed by atoms with Crippen molar-refractivity contribution in [3.05, 3.63) is 54.1 Å². The highest BCUT2D eigenvalue weighted by Gasteiger charge is 2.27. The predicted octanol–water partition coefficient (Wildman–Crippen LogP) is 2.52. The Hall–Kier alpha value is -3.36. The van der Waals surface area contributed by atoms with Crippen molar-refractivity contribution in [1.29, 1.82) is 0 Å². The molecule has 2 aliphatic rings. The van der Waals surface area contributed by atoms with Crippen LogP contribution in [0.2, 0.25) is 0 Å². The minimum Gasteiger partial charge on any atom is -0.482 e. The number of rotatable bonds is 6. The van der Waals surface area contributed by atoms with Crippen LogP contribution in [0.5, 0.6) is 5.75 Å². The molecule has 2 aliphatic heterocycles. The second-order valence-corrected chi connectivity index (χ2v) is 7.80. The molecule has 0 spiro atoms. The summed E-state index contributed by atoms with van der Waals surface area (Å²) in [5.41, 5.74) is 0.813. The monoisotopic (exact) mass is 443 g/mol. The molecule has 0 bridgehead atoms. The number of benzene rings is 2. The Kier molecular flexibility index (Phi) is 6.72. The quantitative estimate of drug-likeness (QED) is 0.408. The zero-order chi connectivity index (χ0) is 22.5. The van der Waals surface area contributed by atoms with E-state index in [1.165, 1.54) is 18.2 Å². The van der Waals surface area contributed by atoms with E-state index in [1.807, 2.05) is 24.3 Å². The van der Waals surface area contributed by atoms with Gasteiger partial charge in [0, 0.05) is 39.3 Å². The summed E-state index contributed by atoms with van der Waals surface area (Å²) in [6, 6.07) is 11.4. The minimum atomic E-state index is -0.549. The SMILES string of the molecule is CN=C(NCCCN1C(=O)COc2ccccc21)NC1CCN(c2c(F)cccc2F)C1. The highest BCUT2D eigenvalue weighted by molar-refractivity contribution is 5.97. The fourth-order valence-electron chi connectivity index (χ4n) is 4.10. The Morgan fingerprint density at radius 1 is 1.19 bits per heavy atom. The van der Waals surface area contributed by atoms with Gasteiger partial charge in [-0.2, -0.15) is 0 Å². The average molecular weight is 443 g/mol. The maximum absolute atomic E-state index is 14.1. The van der Waals surface area contributed by atoms with Crippen molar-refractivity contribution in [2.75, 3.05) is 49.6 Å². The highest BCUT2D eigenvalue weighted by atomic mass is 19.1. The summed E-state index contributed by atoms with van der Waals surface area (Å²) in [4.78, 5) is 20.0. The number of halogens is 2. The standard InChI is InChI=1S/C23H27F2N5O2/c1-26-23(28-16-10-13-29(14-16)22-17(24)6-4-7-18(22)25)27-11-5-12-30-19-8-2-3-9-20(19)32-15-21(30)31/h2-4,6-9,16H,5,10-15H2,1H3,(H2,26,27,28). The van der Waals surface area contributed by atoms with Gasteiger partial charge in [-0.3, -0.25) is 9.79 Å². The summed E-state index contributed by atoms with van der Waals surface area (Å²) in [5, 5.41) is 6.57. The number of fused-ring (bicyclic) bond motifs is 1. The summed E-state index contributed by atoms with van der Waals surface area (Å²) in [6.45, 7) is 2.27. The van der Waals surface area contributed by atoms with Gasteiger partial charge < -0.3 is 25.2 Å². The van der Waals surface area contributed by atoms with E-state index < -0.39 is 11.6 Å². The fourth-order valence-corrected chi connectivity index (χ4v) is 4.10. The lowest BCUT2D eigenvalue weighted by molar-refractivity contribution is -0.121. The molecule has 2 aromatic carbocycles. The normalized spacial score (nSPS) is 18.4. The molecule has 2 heterocycles. The lowest BCUT2D eigenvalue weighted by atomic mass is 10.2. The van der Waals surface area contributed by atoms with E-state index in [1.54, 1.807) is 16.8 Å². The summed E-state index contributed by atoms with van der Waals surface area (Å²) in [7, 11) is 1.68. The topological polar surface area (TPSA) is 69.2 Å². The lowest BCUT2D eigenvalue weighted by Gasteiger charge is -2.29. The van der Waals surface area contributed by atoms with Crippen molar-refractivity contribution in [2.45, 2.75) is 18.9 Å². The number of ether oxygens (including phenoxy) is 1. The third-order valence-electron chi connectivity index (χ3n) is 5.67. The van der Waals surface area contributed by atoms with Crippen molar-refractivity contribution in [3.63, 3.8) is 0 Å². The molecule has 0 saturated carbocycles. The van der Waals surface area contributed by atoms with Crippen molar-refractivity contribution in [2.24, 2.45) is 4.99 Å². The number of nitrogens with zero attached hydrogens (tertiary/aromatic N) is 3. The van der Waals surface area contributed by atoms with Gasteiger partial charge in [-0.1, -0.05) is 18.2 Å². The molecule has 170 valence electrons. The zero-order valence-corrected chi connectivity index (χ0v) is 18.0. The van der Waals surface area contributed by atoms with E-state index in [9.17, 15) is 13.6 Å². The zero-order valence-electron chi connectivity index (χ0n) is 18.0. The molecular weight excluding hydrogens is 416 g/mol. The smallest absolute Gasteiger partial charge is 0.265 e. The van der Waals surface area contributed by atoms with Crippen LogP contribution in [-0.4, -0.2) is 57.7 Å². The van der Waals surface area contributed by atoms with E-state index in [2.05, 4.69) is 15.6 Å². The Balaban J connectivity index is 1.25. The van der Waals surface area contributed by atoms with Gasteiger partial charge in [-0.25, -0.2) is 8.78 Å². The number of anilines is 2. The van der Waals surface area contributed by atoms with Crippen molar-refractivity contribution in [3.8, 4) is 5.75 Å². The summed E-state index contributed by atoms with van der Waals surface area (Å²) in [6.07, 6.45) is 1.46. The molecule has 1 atom stereocenters. The van der Waals surface area contributed by atoms with Crippen LogP contribution in [0.15, 0.2) is 47.5 Å². The average Bonchev–Trinajstić information content (AvgIpc) is 3.24. The van der Waals surface area contributed by atoms with E-state index in [-0.39, 0.29) is 24.2 Å². The Morgan fingerprint density at radius 3 is 2.75 bits per heavy atom. The summed E-state index contributed by atoms with van der Waals surface area (Å²) in [5.74, 6) is 0.187. The second kappa shape index (κ2) is 9.84. The van der Waals surface area contributed by atoms with Crippen LogP contribution in [-0.2, 0) is 4.79 Å². The molecule has 9 heteroatoms. The van der Waals surface area contributed by atoms with E-state index >= 15 is 0 Å². The van der Waals surface area contributed by atoms with Crippen LogP contribution in [0.1, 0.15) is 12.8 Å². The summed E-state index contributed by atoms with van der Waals surface area (Å²) < 4.78 is 33.6. The molecular formula is C23H27F2N5O2. The number of nitrogens with one attached hydrogen (secondary N) is 2. The van der Waals surface area contributed by atoms with Crippen molar-refractivity contribution >= 4 is 23.2 Å². The minimum absolute atomic E-state index is 0.0212. The molecule has 2 aromatic rings. The van der Waals surface area contributed by atoms with Gasteiger partial charge in [0.25, 0.3) is 5.91 Å². The number of aliphatic imine (C=N–C) groups is 1. The number of para-hydroxylation sites is 3. The van der Waals surface area contributed by atoms with Gasteiger partial charge in [0.15, 0.2) is 12.6 Å². The van der Waals surface area contributed by atoms with E-state index in [0.29, 0.717) is 32.1 Å². The van der Waals surface area contributed by atoms with Gasteiger partial charge in [-0.05, 0) is 37.1 Å². The highest BCUT2D eigenvalue weighted by Crippen LogP contribution is 2.31. The molecule has 2 N–H and O–H groups in total. The van der Waals surface area contributed by atoms with Crippen LogP contribution in [0.3, 0.4) is 0 Å². The van der Waals surface area contributed by atoms with Gasteiger partial charge in [-0.15, -0.1) is 0 Å². The number of carbonyl (C=O) groups is 1. The first-order valence-corrected chi connectivity index (χ1v) is 10.7. The van der Waals surface area contributed by atoms with Crippen molar-refractivity contribution in [1.82, 2.24) is 10.6 Å². The Labute approximate surface area is 186 Å². The molecule has 1 saturated heterocycles. The van der Waals surface area contributed by atoms with Crippen LogP contribution >= 0.6 is 0 Å². The third-order valence-corrected chi connectivity index (χ3v) is 5.67. The number of hydrogen-bond donors (Lipinski definition) is 2. The van der Waals surface area contributed by atoms with Crippen LogP contribution < -0.4 is 25.2 Å². The molecule has 7 nitrogen and oxygen atoms in total. The number of carbonyl (C=O) groups excluding carboxylic acids is 1. The molecule has 32 heavy (non-hydrogen) atoms. The van der Waals surface area contributed by atoms with Gasteiger partial charge >= 0.3 is 0 Å². The first-order chi connectivity index (χ1) is 15.6. The third kappa shape index (κ3) is 4.76.